The third-order valence-electron chi connectivity index (χ3n) is 6.88. The Balaban J connectivity index is 1.91. The van der Waals surface area contributed by atoms with Crippen LogP contribution in [0.5, 0.6) is 0 Å². The van der Waals surface area contributed by atoms with Crippen molar-refractivity contribution >= 4 is 28.0 Å². The third kappa shape index (κ3) is 8.36. The van der Waals surface area contributed by atoms with Gasteiger partial charge in [0, 0.05) is 18.7 Å². The molecule has 2 heterocycles. The molecule has 0 aliphatic rings. The number of benzene rings is 1. The topological polar surface area (TPSA) is 98.9 Å². The van der Waals surface area contributed by atoms with Gasteiger partial charge in [0.2, 0.25) is 0 Å². The molecule has 7 nitrogen and oxygen atoms in total. The van der Waals surface area contributed by atoms with Crippen molar-refractivity contribution in [3.05, 3.63) is 62.4 Å². The van der Waals surface area contributed by atoms with Gasteiger partial charge in [-0.3, -0.25) is 14.4 Å². The minimum atomic E-state index is -0.799. The smallest absolute Gasteiger partial charge is 0.274 e. The van der Waals surface area contributed by atoms with Crippen molar-refractivity contribution in [2.24, 2.45) is 0 Å². The molecule has 38 heavy (non-hydrogen) atoms. The van der Waals surface area contributed by atoms with Gasteiger partial charge in [0.25, 0.3) is 17.0 Å². The van der Waals surface area contributed by atoms with E-state index in [0.717, 1.165) is 38.5 Å². The second-order valence-electron chi connectivity index (χ2n) is 10.0. The molecule has 4 bridgehead atoms. The zero-order valence-corrected chi connectivity index (χ0v) is 22.8. The first-order valence-corrected chi connectivity index (χ1v) is 14.2. The van der Waals surface area contributed by atoms with E-state index in [2.05, 4.69) is 28.8 Å². The number of aromatic nitrogens is 3. The van der Waals surface area contributed by atoms with Crippen LogP contribution in [-0.4, -0.2) is 38.8 Å². The second-order valence-corrected chi connectivity index (χ2v) is 10.0. The summed E-state index contributed by atoms with van der Waals surface area (Å²) in [5, 5.41) is 0. The van der Waals surface area contributed by atoms with Gasteiger partial charge in [-0.15, -0.1) is 0 Å². The minimum absolute atomic E-state index is 0.00926. The van der Waals surface area contributed by atoms with Crippen molar-refractivity contribution in [3.8, 4) is 0 Å². The maximum atomic E-state index is 15.2. The Morgan fingerprint density at radius 2 is 1.21 bits per heavy atom. The average Bonchev–Trinajstić information content (AvgIpc) is 2.92. The summed E-state index contributed by atoms with van der Waals surface area (Å²) < 4.78 is 15.2. The molecule has 1 amide bonds. The number of hydrogen-bond acceptors (Lipinski definition) is 4. The van der Waals surface area contributed by atoms with Crippen LogP contribution in [0, 0.1) is 5.82 Å². The summed E-state index contributed by atoms with van der Waals surface area (Å²) >= 11 is 0. The van der Waals surface area contributed by atoms with Crippen molar-refractivity contribution < 1.29 is 9.18 Å². The van der Waals surface area contributed by atoms with Gasteiger partial charge in [0.15, 0.2) is 5.82 Å². The van der Waals surface area contributed by atoms with Gasteiger partial charge in [-0.1, -0.05) is 84.1 Å². The summed E-state index contributed by atoms with van der Waals surface area (Å²) in [5.41, 5.74) is -1.41. The highest BCUT2D eigenvalue weighted by Gasteiger charge is 2.18. The Hall–Kier alpha value is -3.29. The van der Waals surface area contributed by atoms with Gasteiger partial charge in [0.05, 0.1) is 11.0 Å². The largest absolute Gasteiger partial charge is 0.339 e. The van der Waals surface area contributed by atoms with Crippen LogP contribution in [0.3, 0.4) is 0 Å². The summed E-state index contributed by atoms with van der Waals surface area (Å²) in [6, 6.07) is 7.15. The summed E-state index contributed by atoms with van der Waals surface area (Å²) in [5.74, 6) is -1.03. The predicted molar refractivity (Wildman–Crippen MR) is 152 cm³/mol. The highest BCUT2D eigenvalue weighted by molar-refractivity contribution is 5.97. The van der Waals surface area contributed by atoms with E-state index >= 15 is 4.39 Å². The van der Waals surface area contributed by atoms with E-state index in [4.69, 9.17) is 0 Å². The Morgan fingerprint density at radius 3 is 1.68 bits per heavy atom. The van der Waals surface area contributed by atoms with Crippen molar-refractivity contribution in [3.63, 3.8) is 0 Å². The normalized spacial score (nSPS) is 11.2. The minimum Gasteiger partial charge on any atom is -0.339 e. The SMILES string of the molecule is CCCCCCCCN(CCCCCCCC)C(=O)c1cc2[nH]c(=O)c3cccc(n3)c(=O)[nH]c(c1)c2F. The van der Waals surface area contributed by atoms with Crippen LogP contribution in [0.1, 0.15) is 101 Å². The van der Waals surface area contributed by atoms with Crippen LogP contribution < -0.4 is 11.1 Å². The molecule has 0 aliphatic carbocycles. The van der Waals surface area contributed by atoms with Crippen molar-refractivity contribution in [2.75, 3.05) is 13.1 Å². The lowest BCUT2D eigenvalue weighted by Gasteiger charge is -2.23. The molecule has 0 fully saturated rings. The molecule has 0 unspecified atom stereocenters. The molecule has 2 aromatic heterocycles. The number of pyridine rings is 1. The number of nitrogens with one attached hydrogen (secondary N) is 2. The summed E-state index contributed by atoms with van der Waals surface area (Å²) in [6.45, 7) is 5.62. The van der Waals surface area contributed by atoms with E-state index in [1.54, 1.807) is 6.07 Å². The van der Waals surface area contributed by atoms with Gasteiger partial charge < -0.3 is 14.9 Å². The molecule has 0 spiro atoms. The first-order chi connectivity index (χ1) is 18.4. The molecule has 0 aliphatic heterocycles. The van der Waals surface area contributed by atoms with Gasteiger partial charge in [-0.05, 0) is 37.1 Å². The van der Waals surface area contributed by atoms with E-state index in [0.29, 0.717) is 13.1 Å². The highest BCUT2D eigenvalue weighted by atomic mass is 19.1. The molecule has 8 heteroatoms. The third-order valence-corrected chi connectivity index (χ3v) is 6.88. The van der Waals surface area contributed by atoms with E-state index in [1.807, 2.05) is 4.90 Å². The van der Waals surface area contributed by atoms with Crippen LogP contribution in [-0.2, 0) is 0 Å². The Morgan fingerprint density at radius 1 is 0.763 bits per heavy atom. The lowest BCUT2D eigenvalue weighted by molar-refractivity contribution is 0.0749. The number of carbonyl (C=O) groups excluding carboxylic acids is 1. The Labute approximate surface area is 223 Å². The molecule has 3 aromatic rings. The molecule has 2 N–H and O–H groups in total. The van der Waals surface area contributed by atoms with E-state index in [9.17, 15) is 14.4 Å². The van der Waals surface area contributed by atoms with Crippen LogP contribution in [0.15, 0.2) is 39.9 Å². The molecular weight excluding hydrogens is 483 g/mol. The quantitative estimate of drug-likeness (QED) is 0.218. The van der Waals surface area contributed by atoms with Crippen molar-refractivity contribution in [2.45, 2.75) is 90.9 Å². The van der Waals surface area contributed by atoms with Gasteiger partial charge in [-0.25, -0.2) is 9.37 Å². The average molecular weight is 525 g/mol. The molecular formula is C30H41FN4O3. The fourth-order valence-electron chi connectivity index (χ4n) is 4.65. The number of aromatic amines is 2. The van der Waals surface area contributed by atoms with E-state index in [-0.39, 0.29) is 33.5 Å². The van der Waals surface area contributed by atoms with Crippen LogP contribution in [0.4, 0.5) is 4.39 Å². The molecule has 1 aromatic carbocycles. The van der Waals surface area contributed by atoms with Crippen molar-refractivity contribution in [1.82, 2.24) is 19.9 Å². The van der Waals surface area contributed by atoms with Crippen LogP contribution in [0.25, 0.3) is 22.1 Å². The Bertz CT molecular complexity index is 1260. The summed E-state index contributed by atoms with van der Waals surface area (Å²) in [4.78, 5) is 50.0. The number of amides is 1. The lowest BCUT2D eigenvalue weighted by atomic mass is 10.1. The van der Waals surface area contributed by atoms with Crippen molar-refractivity contribution in [1.29, 1.82) is 0 Å². The molecule has 0 radical (unpaired) electrons. The monoisotopic (exact) mass is 524 g/mol. The standard InChI is InChI=1S/C30H41FN4O3/c1-3-5-7-9-11-13-18-35(19-14-12-10-8-6-4-2)30(38)22-20-25-27(31)26(21-22)34-29(37)24-17-15-16-23(32-24)28(36)33-25/h15-17,20-21H,3-14,18-19H2,1-2H3,(H,33,36)(H,34,37). The molecule has 0 atom stereocenters. The van der Waals surface area contributed by atoms with Gasteiger partial charge >= 0.3 is 0 Å². The fourth-order valence-corrected chi connectivity index (χ4v) is 4.65. The lowest BCUT2D eigenvalue weighted by Crippen LogP contribution is -2.33. The number of rotatable bonds is 15. The number of H-pyrrole nitrogens is 2. The first-order valence-electron chi connectivity index (χ1n) is 14.2. The molecule has 0 saturated heterocycles. The van der Waals surface area contributed by atoms with Gasteiger partial charge in [0.1, 0.15) is 11.0 Å². The number of hydrogen-bond donors (Lipinski definition) is 2. The molecule has 0 saturated carbocycles. The van der Waals surface area contributed by atoms with Crippen LogP contribution >= 0.6 is 0 Å². The maximum absolute atomic E-state index is 15.2. The number of nitrogens with zero attached hydrogens (tertiary/aromatic N) is 2. The fraction of sp³-hybridized carbons (Fsp3) is 0.533. The van der Waals surface area contributed by atoms with Gasteiger partial charge in [-0.2, -0.15) is 0 Å². The second kappa shape index (κ2) is 15.2. The van der Waals surface area contributed by atoms with E-state index in [1.165, 1.54) is 62.8 Å². The highest BCUT2D eigenvalue weighted by Crippen LogP contribution is 2.18. The predicted octanol–water partition coefficient (Wildman–Crippen LogP) is 6.63. The number of unbranched alkanes of at least 4 members (excludes halogenated alkanes) is 10. The summed E-state index contributed by atoms with van der Waals surface area (Å²) in [7, 11) is 0. The Kier molecular flexibility index (Phi) is 11.7. The van der Waals surface area contributed by atoms with E-state index < -0.39 is 16.9 Å². The summed E-state index contributed by atoms with van der Waals surface area (Å²) in [6.07, 6.45) is 13.4. The first kappa shape index (κ1) is 29.3. The zero-order valence-electron chi connectivity index (χ0n) is 22.8. The molecule has 3 rings (SSSR count). The molecule has 206 valence electrons. The van der Waals surface area contributed by atoms with Crippen LogP contribution in [0.2, 0.25) is 0 Å². The zero-order chi connectivity index (χ0) is 27.3. The maximum Gasteiger partial charge on any atom is 0.274 e. The number of carbonyl (C=O) groups is 1. The number of fused-ring (bicyclic) bond motifs is 4. The number of halogens is 1.